The zero-order valence-electron chi connectivity index (χ0n) is 40.1. The number of para-hydroxylation sites is 1. The number of nitrogens with zero attached hydrogens (tertiary/aromatic N) is 1. The fraction of sp³-hybridized carbons (Fsp3) is 0.0725. The molecule has 1 aromatic heterocycles. The molecule has 0 radical (unpaired) electrons. The Labute approximate surface area is 415 Å². The van der Waals surface area contributed by atoms with Crippen LogP contribution in [0.25, 0.3) is 77.2 Å². The molecule has 1 aliphatic carbocycles. The van der Waals surface area contributed by atoms with Gasteiger partial charge in [-0.25, -0.2) is 0 Å². The molecule has 0 saturated heterocycles. The fourth-order valence-electron chi connectivity index (χ4n) is 11.7. The molecule has 0 fully saturated rings. The van der Waals surface area contributed by atoms with Gasteiger partial charge in [-0.1, -0.05) is 239 Å². The van der Waals surface area contributed by atoms with E-state index in [1.807, 2.05) is 6.07 Å². The van der Waals surface area contributed by atoms with Crippen molar-refractivity contribution < 1.29 is 4.42 Å². The van der Waals surface area contributed by atoms with E-state index >= 15 is 0 Å². The molecule has 71 heavy (non-hydrogen) atoms. The number of fused-ring (bicyclic) bond motifs is 7. The third-order valence-electron chi connectivity index (χ3n) is 14.9. The summed E-state index contributed by atoms with van der Waals surface area (Å²) in [5.74, 6) is 0. The Bertz CT molecular complexity index is 3910. The maximum Gasteiger partial charge on any atom is 0.136 e. The van der Waals surface area contributed by atoms with Crippen LogP contribution in [0, 0.1) is 0 Å². The number of anilines is 3. The number of rotatable bonds is 8. The molecule has 338 valence electrons. The van der Waals surface area contributed by atoms with Crippen molar-refractivity contribution in [3.8, 4) is 44.5 Å². The van der Waals surface area contributed by atoms with Crippen molar-refractivity contribution in [2.24, 2.45) is 0 Å². The summed E-state index contributed by atoms with van der Waals surface area (Å²) in [6.45, 7) is 6.81. The van der Waals surface area contributed by atoms with Crippen molar-refractivity contribution in [3.63, 3.8) is 0 Å². The van der Waals surface area contributed by atoms with Gasteiger partial charge in [0.25, 0.3) is 0 Å². The molecule has 13 rings (SSSR count). The van der Waals surface area contributed by atoms with Crippen LogP contribution in [0.5, 0.6) is 0 Å². The van der Waals surface area contributed by atoms with Crippen LogP contribution in [0.3, 0.4) is 0 Å². The Balaban J connectivity index is 1.11. The molecule has 1 aliphatic rings. The molecular formula is C69H51NO. The van der Waals surface area contributed by atoms with E-state index in [0.717, 1.165) is 61.3 Å². The largest absolute Gasteiger partial charge is 0.456 e. The third kappa shape index (κ3) is 6.78. The molecular weight excluding hydrogens is 859 g/mol. The van der Waals surface area contributed by atoms with Crippen LogP contribution in [0.15, 0.2) is 259 Å². The van der Waals surface area contributed by atoms with Crippen LogP contribution in [0.4, 0.5) is 17.1 Å². The normalized spacial score (nSPS) is 12.8. The smallest absolute Gasteiger partial charge is 0.136 e. The molecule has 0 aliphatic heterocycles. The molecule has 11 aromatic carbocycles. The van der Waals surface area contributed by atoms with Crippen molar-refractivity contribution in [2.75, 3.05) is 4.90 Å². The first-order valence-electron chi connectivity index (χ1n) is 24.8. The Morgan fingerprint density at radius 2 is 0.901 bits per heavy atom. The molecule has 2 nitrogen and oxygen atoms in total. The lowest BCUT2D eigenvalue weighted by Crippen LogP contribution is -2.28. The highest BCUT2D eigenvalue weighted by molar-refractivity contribution is 6.16. The van der Waals surface area contributed by atoms with E-state index < -0.39 is 5.41 Å². The van der Waals surface area contributed by atoms with Crippen LogP contribution in [0.1, 0.15) is 48.6 Å². The molecule has 0 N–H and O–H groups in total. The molecule has 0 unspecified atom stereocenters. The SMILES string of the molecule is CC(C)(C)c1ccc(-c2ccc(N(c3cccc4c3-c3ccccc3C4(c3ccccc3)c3ccccc3)c3ccc4ccccc4c3-c3ccccc3-c3cccc4oc5ccccc5c34)cc2)cc1. The summed E-state index contributed by atoms with van der Waals surface area (Å²) < 4.78 is 6.51. The van der Waals surface area contributed by atoms with E-state index in [2.05, 4.69) is 274 Å². The number of benzene rings is 11. The molecule has 0 bridgehead atoms. The highest BCUT2D eigenvalue weighted by atomic mass is 16.3. The molecule has 2 heteroatoms. The third-order valence-corrected chi connectivity index (χ3v) is 14.9. The predicted octanol–water partition coefficient (Wildman–Crippen LogP) is 18.9. The first-order chi connectivity index (χ1) is 34.9. The summed E-state index contributed by atoms with van der Waals surface area (Å²) >= 11 is 0. The molecule has 0 atom stereocenters. The second-order valence-electron chi connectivity index (χ2n) is 19.9. The zero-order valence-corrected chi connectivity index (χ0v) is 40.1. The van der Waals surface area contributed by atoms with Crippen molar-refractivity contribution in [1.29, 1.82) is 0 Å². The quantitative estimate of drug-likeness (QED) is 0.151. The van der Waals surface area contributed by atoms with Gasteiger partial charge in [-0.3, -0.25) is 0 Å². The Hall–Kier alpha value is -8.72. The maximum atomic E-state index is 6.51. The van der Waals surface area contributed by atoms with Gasteiger partial charge in [-0.05, 0) is 114 Å². The highest BCUT2D eigenvalue weighted by Gasteiger charge is 2.47. The van der Waals surface area contributed by atoms with Crippen LogP contribution < -0.4 is 4.90 Å². The second kappa shape index (κ2) is 16.8. The van der Waals surface area contributed by atoms with Crippen LogP contribution in [-0.2, 0) is 10.8 Å². The van der Waals surface area contributed by atoms with Crippen molar-refractivity contribution in [1.82, 2.24) is 0 Å². The summed E-state index contributed by atoms with van der Waals surface area (Å²) in [7, 11) is 0. The minimum absolute atomic E-state index is 0.0745. The van der Waals surface area contributed by atoms with Gasteiger partial charge in [-0.15, -0.1) is 0 Å². The first kappa shape index (κ1) is 42.4. The van der Waals surface area contributed by atoms with E-state index in [-0.39, 0.29) is 5.41 Å². The lowest BCUT2D eigenvalue weighted by atomic mass is 9.68. The summed E-state index contributed by atoms with van der Waals surface area (Å²) in [4.78, 5) is 2.54. The standard InChI is InChI=1S/C69H51NO/c1-68(2,3)49-41-36-46(37-42-49)47-38-43-52(44-39-47)70(61-33-19-32-60-67(61)57-28-14-16-31-59(57)69(60,50-21-6-4-7-22-50)51-23-8-5-9-24-51)62-45-40-48-20-10-11-25-53(48)65(62)55-27-13-12-26-54(55)56-30-18-35-64-66(56)58-29-15-17-34-63(58)71-64/h4-45H,1-3H3. The zero-order chi connectivity index (χ0) is 47.7. The van der Waals surface area contributed by atoms with E-state index in [4.69, 9.17) is 4.42 Å². The van der Waals surface area contributed by atoms with Gasteiger partial charge in [0.05, 0.1) is 16.8 Å². The van der Waals surface area contributed by atoms with E-state index in [1.165, 1.54) is 60.8 Å². The summed E-state index contributed by atoms with van der Waals surface area (Å²) in [5.41, 5.74) is 20.3. The Morgan fingerprint density at radius 1 is 0.366 bits per heavy atom. The van der Waals surface area contributed by atoms with Gasteiger partial charge in [0, 0.05) is 27.6 Å². The topological polar surface area (TPSA) is 16.4 Å². The Morgan fingerprint density at radius 3 is 1.62 bits per heavy atom. The van der Waals surface area contributed by atoms with Gasteiger partial charge >= 0.3 is 0 Å². The lowest BCUT2D eigenvalue weighted by Gasteiger charge is -2.35. The number of furan rings is 1. The van der Waals surface area contributed by atoms with E-state index in [0.29, 0.717) is 0 Å². The van der Waals surface area contributed by atoms with Gasteiger partial charge in [0.2, 0.25) is 0 Å². The van der Waals surface area contributed by atoms with E-state index in [1.54, 1.807) is 0 Å². The van der Waals surface area contributed by atoms with Gasteiger partial charge in [0.15, 0.2) is 0 Å². The van der Waals surface area contributed by atoms with E-state index in [9.17, 15) is 0 Å². The maximum absolute atomic E-state index is 6.51. The lowest BCUT2D eigenvalue weighted by molar-refractivity contribution is 0.590. The van der Waals surface area contributed by atoms with Crippen molar-refractivity contribution in [2.45, 2.75) is 31.6 Å². The molecule has 12 aromatic rings. The van der Waals surface area contributed by atoms with Crippen molar-refractivity contribution in [3.05, 3.63) is 283 Å². The molecule has 0 amide bonds. The van der Waals surface area contributed by atoms with Gasteiger partial charge < -0.3 is 9.32 Å². The predicted molar refractivity (Wildman–Crippen MR) is 298 cm³/mol. The number of hydrogen-bond acceptors (Lipinski definition) is 2. The summed E-state index contributed by atoms with van der Waals surface area (Å²) in [5, 5.41) is 4.59. The average Bonchev–Trinajstić information content (AvgIpc) is 3.96. The molecule has 0 spiro atoms. The summed E-state index contributed by atoms with van der Waals surface area (Å²) in [6, 6.07) is 93.9. The van der Waals surface area contributed by atoms with Crippen LogP contribution in [0.2, 0.25) is 0 Å². The molecule has 0 saturated carbocycles. The fourth-order valence-corrected chi connectivity index (χ4v) is 11.7. The van der Waals surface area contributed by atoms with Crippen LogP contribution >= 0.6 is 0 Å². The Kier molecular flexibility index (Phi) is 10.0. The monoisotopic (exact) mass is 909 g/mol. The highest BCUT2D eigenvalue weighted by Crippen LogP contribution is 2.60. The minimum Gasteiger partial charge on any atom is -0.456 e. The minimum atomic E-state index is -0.565. The second-order valence-corrected chi connectivity index (χ2v) is 19.9. The average molecular weight is 910 g/mol. The number of hydrogen-bond donors (Lipinski definition) is 0. The van der Waals surface area contributed by atoms with Gasteiger partial charge in [-0.2, -0.15) is 0 Å². The van der Waals surface area contributed by atoms with Crippen LogP contribution in [-0.4, -0.2) is 0 Å². The summed E-state index contributed by atoms with van der Waals surface area (Å²) in [6.07, 6.45) is 0. The van der Waals surface area contributed by atoms with Crippen molar-refractivity contribution >= 4 is 49.8 Å². The van der Waals surface area contributed by atoms with Gasteiger partial charge in [0.1, 0.15) is 11.2 Å². The molecule has 1 heterocycles. The first-order valence-corrected chi connectivity index (χ1v) is 24.8.